The second-order valence-electron chi connectivity index (χ2n) is 3.08. The highest BCUT2D eigenvalue weighted by Crippen LogP contribution is 2.19. The number of carbonyl (C=O) groups excluding carboxylic acids is 1. The number of rotatable bonds is 4. The van der Waals surface area contributed by atoms with Crippen molar-refractivity contribution in [1.82, 2.24) is 5.32 Å². The quantitative estimate of drug-likeness (QED) is 0.839. The molecular formula is C11H12BrClN2O. The molecule has 5 heteroatoms. The molecule has 0 aliphatic heterocycles. The summed E-state index contributed by atoms with van der Waals surface area (Å²) < 4.78 is 0.780. The lowest BCUT2D eigenvalue weighted by atomic mass is 10.2. The van der Waals surface area contributed by atoms with Gasteiger partial charge in [-0.25, -0.2) is 0 Å². The zero-order valence-corrected chi connectivity index (χ0v) is 10.9. The number of benzene rings is 1. The average molecular weight is 304 g/mol. The first-order chi connectivity index (χ1) is 7.63. The number of nitrogens with one attached hydrogen (secondary N) is 1. The van der Waals surface area contributed by atoms with Crippen LogP contribution in [-0.2, 0) is 0 Å². The summed E-state index contributed by atoms with van der Waals surface area (Å²) in [6.45, 7) is 0.929. The van der Waals surface area contributed by atoms with Gasteiger partial charge in [0.25, 0.3) is 5.91 Å². The maximum Gasteiger partial charge on any atom is 0.251 e. The highest BCUT2D eigenvalue weighted by atomic mass is 79.9. The number of halogens is 2. The number of hydrogen-bond acceptors (Lipinski definition) is 2. The van der Waals surface area contributed by atoms with Crippen molar-refractivity contribution in [3.8, 4) is 0 Å². The second-order valence-corrected chi connectivity index (χ2v) is 4.43. The van der Waals surface area contributed by atoms with Crippen LogP contribution in [0.15, 0.2) is 34.8 Å². The molecule has 1 rings (SSSR count). The minimum absolute atomic E-state index is 0.162. The van der Waals surface area contributed by atoms with Crippen molar-refractivity contribution in [3.63, 3.8) is 0 Å². The molecule has 0 saturated heterocycles. The summed E-state index contributed by atoms with van der Waals surface area (Å²) in [5.41, 5.74) is 5.80. The topological polar surface area (TPSA) is 55.1 Å². The van der Waals surface area contributed by atoms with Crippen molar-refractivity contribution < 1.29 is 4.79 Å². The fourth-order valence-electron chi connectivity index (χ4n) is 1.12. The van der Waals surface area contributed by atoms with Crippen LogP contribution in [0.5, 0.6) is 0 Å². The van der Waals surface area contributed by atoms with Crippen LogP contribution >= 0.6 is 27.5 Å². The molecule has 1 aromatic rings. The standard InChI is InChI=1S/C11H12BrClN2O/c12-9-5-8(6-10(13)7-9)11(16)15-4-2-1-3-14/h1-2,5-7H,3-4,14H2,(H,15,16)/b2-1+. The largest absolute Gasteiger partial charge is 0.349 e. The smallest absolute Gasteiger partial charge is 0.251 e. The van der Waals surface area contributed by atoms with Gasteiger partial charge in [0.1, 0.15) is 0 Å². The molecule has 0 fully saturated rings. The summed E-state index contributed by atoms with van der Waals surface area (Å²) >= 11 is 9.12. The van der Waals surface area contributed by atoms with Gasteiger partial charge in [0.2, 0.25) is 0 Å². The molecule has 0 aliphatic carbocycles. The molecule has 0 aliphatic rings. The number of nitrogens with two attached hydrogens (primary N) is 1. The Labute approximate surface area is 108 Å². The highest BCUT2D eigenvalue weighted by molar-refractivity contribution is 9.10. The van der Waals surface area contributed by atoms with E-state index in [0.29, 0.717) is 23.7 Å². The lowest BCUT2D eigenvalue weighted by molar-refractivity contribution is 0.0958. The Kier molecular flexibility index (Phi) is 5.52. The van der Waals surface area contributed by atoms with E-state index in [0.717, 1.165) is 4.47 Å². The van der Waals surface area contributed by atoms with Gasteiger partial charge in [-0.15, -0.1) is 0 Å². The maximum absolute atomic E-state index is 11.7. The van der Waals surface area contributed by atoms with Crippen LogP contribution in [-0.4, -0.2) is 19.0 Å². The molecule has 0 heterocycles. The Morgan fingerprint density at radius 3 is 2.81 bits per heavy atom. The van der Waals surface area contributed by atoms with Gasteiger partial charge in [-0.05, 0) is 18.2 Å². The summed E-state index contributed by atoms with van der Waals surface area (Å²) in [5, 5.41) is 3.25. The molecule has 3 N–H and O–H groups in total. The van der Waals surface area contributed by atoms with Crippen molar-refractivity contribution in [2.45, 2.75) is 0 Å². The molecule has 0 aromatic heterocycles. The van der Waals surface area contributed by atoms with E-state index < -0.39 is 0 Å². The van der Waals surface area contributed by atoms with Gasteiger partial charge in [-0.3, -0.25) is 4.79 Å². The van der Waals surface area contributed by atoms with Crippen LogP contribution in [0.1, 0.15) is 10.4 Å². The summed E-state index contributed by atoms with van der Waals surface area (Å²) in [6.07, 6.45) is 3.59. The molecule has 16 heavy (non-hydrogen) atoms. The lowest BCUT2D eigenvalue weighted by Gasteiger charge is -2.03. The van der Waals surface area contributed by atoms with E-state index in [-0.39, 0.29) is 5.91 Å². The Balaban J connectivity index is 2.62. The molecule has 86 valence electrons. The van der Waals surface area contributed by atoms with Gasteiger partial charge in [0.05, 0.1) is 0 Å². The van der Waals surface area contributed by atoms with E-state index in [1.807, 2.05) is 0 Å². The van der Waals surface area contributed by atoms with Gasteiger partial charge in [0.15, 0.2) is 0 Å². The third-order valence-corrected chi connectivity index (χ3v) is 2.48. The first-order valence-corrected chi connectivity index (χ1v) is 5.90. The number of amides is 1. The van der Waals surface area contributed by atoms with Crippen LogP contribution in [0.4, 0.5) is 0 Å². The van der Waals surface area contributed by atoms with Gasteiger partial charge < -0.3 is 11.1 Å². The van der Waals surface area contributed by atoms with E-state index in [2.05, 4.69) is 21.2 Å². The summed E-state index contributed by atoms with van der Waals surface area (Å²) in [4.78, 5) is 11.7. The molecule has 1 amide bonds. The molecule has 0 bridgehead atoms. The zero-order chi connectivity index (χ0) is 12.0. The van der Waals surface area contributed by atoms with Gasteiger partial charge in [-0.2, -0.15) is 0 Å². The molecule has 0 atom stereocenters. The Hall–Kier alpha value is -0.840. The van der Waals surface area contributed by atoms with Crippen LogP contribution in [0.25, 0.3) is 0 Å². The van der Waals surface area contributed by atoms with Gasteiger partial charge >= 0.3 is 0 Å². The minimum atomic E-state index is -0.162. The highest BCUT2D eigenvalue weighted by Gasteiger charge is 2.05. The maximum atomic E-state index is 11.7. The molecule has 0 unspecified atom stereocenters. The third kappa shape index (κ3) is 4.35. The summed E-state index contributed by atoms with van der Waals surface area (Å²) in [7, 11) is 0. The molecule has 0 saturated carbocycles. The predicted molar refractivity (Wildman–Crippen MR) is 69.7 cm³/mol. The second kappa shape index (κ2) is 6.68. The van der Waals surface area contributed by atoms with Gasteiger partial charge in [0, 0.05) is 28.1 Å². The van der Waals surface area contributed by atoms with Crippen molar-refractivity contribution in [2.24, 2.45) is 5.73 Å². The SMILES string of the molecule is NC/C=C/CNC(=O)c1cc(Cl)cc(Br)c1. The molecular weight excluding hydrogens is 291 g/mol. The first-order valence-electron chi connectivity index (χ1n) is 4.73. The van der Waals surface area contributed by atoms with E-state index >= 15 is 0 Å². The minimum Gasteiger partial charge on any atom is -0.349 e. The Morgan fingerprint density at radius 2 is 2.19 bits per heavy atom. The monoisotopic (exact) mass is 302 g/mol. The van der Waals surface area contributed by atoms with Gasteiger partial charge in [-0.1, -0.05) is 39.7 Å². The fourth-order valence-corrected chi connectivity index (χ4v) is 1.98. The molecule has 3 nitrogen and oxygen atoms in total. The normalized spacial score (nSPS) is 10.7. The fraction of sp³-hybridized carbons (Fsp3) is 0.182. The summed E-state index contributed by atoms with van der Waals surface area (Å²) in [5.74, 6) is -0.162. The van der Waals surface area contributed by atoms with Crippen molar-refractivity contribution in [1.29, 1.82) is 0 Å². The van der Waals surface area contributed by atoms with Crippen LogP contribution < -0.4 is 11.1 Å². The van der Waals surface area contributed by atoms with E-state index in [1.165, 1.54) is 0 Å². The molecule has 1 aromatic carbocycles. The van der Waals surface area contributed by atoms with Crippen LogP contribution in [0, 0.1) is 0 Å². The first kappa shape index (κ1) is 13.2. The van der Waals surface area contributed by atoms with Crippen LogP contribution in [0.3, 0.4) is 0 Å². The Morgan fingerprint density at radius 1 is 1.44 bits per heavy atom. The van der Waals surface area contributed by atoms with E-state index in [4.69, 9.17) is 17.3 Å². The number of carbonyl (C=O) groups is 1. The predicted octanol–water partition coefficient (Wildman–Crippen LogP) is 2.35. The van der Waals surface area contributed by atoms with Crippen molar-refractivity contribution in [3.05, 3.63) is 45.4 Å². The molecule has 0 spiro atoms. The lowest BCUT2D eigenvalue weighted by Crippen LogP contribution is -2.23. The number of hydrogen-bond donors (Lipinski definition) is 2. The summed E-state index contributed by atoms with van der Waals surface area (Å²) in [6, 6.07) is 5.06. The zero-order valence-electron chi connectivity index (χ0n) is 8.54. The molecule has 0 radical (unpaired) electrons. The van der Waals surface area contributed by atoms with Crippen LogP contribution in [0.2, 0.25) is 5.02 Å². The van der Waals surface area contributed by atoms with E-state index in [1.54, 1.807) is 30.4 Å². The van der Waals surface area contributed by atoms with Crippen molar-refractivity contribution >= 4 is 33.4 Å². The van der Waals surface area contributed by atoms with Crippen molar-refractivity contribution in [2.75, 3.05) is 13.1 Å². The average Bonchev–Trinajstić information content (AvgIpc) is 2.22. The third-order valence-electron chi connectivity index (χ3n) is 1.81. The Bertz CT molecular complexity index is 387. The van der Waals surface area contributed by atoms with E-state index in [9.17, 15) is 4.79 Å².